The average molecular weight is 149 g/mol. The molecular weight excluding hydrogens is 144 g/mol. The predicted molar refractivity (Wildman–Crippen MR) is 18.5 cm³/mol. The molecule has 0 aliphatic heterocycles. The van der Waals surface area contributed by atoms with Crippen molar-refractivity contribution in [1.82, 2.24) is 0 Å². The van der Waals surface area contributed by atoms with Crippen LogP contribution in [0.1, 0.15) is 0 Å². The third kappa shape index (κ3) is 19.1. The molecular formula is H5BBrLiNa2. The first-order valence-corrected chi connectivity index (χ1v) is 0. The van der Waals surface area contributed by atoms with E-state index in [9.17, 15) is 0 Å². The van der Waals surface area contributed by atoms with E-state index in [1.54, 1.807) is 0 Å². The van der Waals surface area contributed by atoms with Crippen LogP contribution in [0.3, 0.4) is 0 Å². The van der Waals surface area contributed by atoms with Crippen LogP contribution >= 0.6 is 0 Å². The van der Waals surface area contributed by atoms with Gasteiger partial charge in [0.05, 0.1) is 0 Å². The molecule has 0 saturated carbocycles. The fraction of sp³-hybridized carbons (Fsp3) is 0. The summed E-state index contributed by atoms with van der Waals surface area (Å²) in [6.07, 6.45) is 0. The Balaban J connectivity index is 0. The molecule has 0 rings (SSSR count). The minimum absolute atomic E-state index is 0. The molecule has 0 heterocycles. The van der Waals surface area contributed by atoms with Crippen molar-refractivity contribution in [3.8, 4) is 0 Å². The minimum atomic E-state index is 0. The second-order valence-electron chi connectivity index (χ2n) is 0. The Bertz CT molecular complexity index is 9.61. The second-order valence-corrected chi connectivity index (χ2v) is 0. The Morgan fingerprint density at radius 1 is 0.800 bits per heavy atom. The van der Waals surface area contributed by atoms with Gasteiger partial charge >= 0.3 is 78.0 Å². The van der Waals surface area contributed by atoms with E-state index in [0.29, 0.717) is 0 Å². The van der Waals surface area contributed by atoms with Crippen LogP contribution in [-0.4, -0.2) is 27.3 Å². The topological polar surface area (TPSA) is 0 Å². The Hall–Kier alpha value is 3.14. The van der Waals surface area contributed by atoms with E-state index in [2.05, 4.69) is 0 Å². The van der Waals surface area contributed by atoms with E-state index in [0.717, 1.165) is 0 Å². The third-order valence-corrected chi connectivity index (χ3v) is 0. The largest absolute Gasteiger partial charge is 1.00 e. The molecule has 0 aromatic heterocycles. The molecule has 0 aromatic rings. The van der Waals surface area contributed by atoms with Crippen LogP contribution in [0.15, 0.2) is 0 Å². The maximum atomic E-state index is 0. The normalized spacial score (nSPS) is 0. The van der Waals surface area contributed by atoms with Gasteiger partial charge in [-0.05, 0) is 0 Å². The summed E-state index contributed by atoms with van der Waals surface area (Å²) in [6.45, 7) is 0. The molecule has 0 nitrogen and oxygen atoms in total. The van der Waals surface area contributed by atoms with Gasteiger partial charge < -0.3 is 17.0 Å². The van der Waals surface area contributed by atoms with Crippen LogP contribution < -0.4 is 76.1 Å². The van der Waals surface area contributed by atoms with Gasteiger partial charge in [0.1, 0.15) is 0 Å². The van der Waals surface area contributed by atoms with Crippen molar-refractivity contribution >= 4 is 27.3 Å². The van der Waals surface area contributed by atoms with E-state index < -0.39 is 0 Å². The third-order valence-electron chi connectivity index (χ3n) is 0. The van der Waals surface area contributed by atoms with Crippen molar-refractivity contribution in [2.75, 3.05) is 0 Å². The Morgan fingerprint density at radius 2 is 0.800 bits per heavy atom. The van der Waals surface area contributed by atoms with Gasteiger partial charge in [0.2, 0.25) is 0 Å². The summed E-state index contributed by atoms with van der Waals surface area (Å²) in [6, 6.07) is 0. The molecule has 0 N–H and O–H groups in total. The maximum absolute atomic E-state index is 0. The summed E-state index contributed by atoms with van der Waals surface area (Å²) in [7, 11) is 0. The Kier molecular flexibility index (Phi) is 230. The van der Waals surface area contributed by atoms with E-state index >= 15 is 0 Å². The van der Waals surface area contributed by atoms with E-state index in [1.807, 2.05) is 0 Å². The molecule has 0 amide bonds. The molecule has 18 valence electrons. The Morgan fingerprint density at radius 3 is 0.800 bits per heavy atom. The minimum Gasteiger partial charge on any atom is 1.00 e. The smallest absolute Gasteiger partial charge is 1.00 e. The standard InChI is InChI=1S/BH4.BrH.Li.2Na.H/h1H4;1H;;;;/q-1;;;2*+1;/p-1. The molecule has 0 fully saturated rings. The number of hydrogen-bond acceptors (Lipinski definition) is 0. The van der Waals surface area contributed by atoms with Crippen LogP contribution in [0.25, 0.3) is 0 Å². The summed E-state index contributed by atoms with van der Waals surface area (Å²) >= 11 is 0. The molecule has 0 aromatic carbocycles. The first-order chi connectivity index (χ1) is 0. The number of rotatable bonds is 0. The monoisotopic (exact) mass is 148 g/mol. The summed E-state index contributed by atoms with van der Waals surface area (Å²) in [5.41, 5.74) is 0. The van der Waals surface area contributed by atoms with Crippen molar-refractivity contribution in [2.24, 2.45) is 0 Å². The van der Waals surface area contributed by atoms with Gasteiger partial charge in [-0.1, -0.05) is 8.41 Å². The first kappa shape index (κ1) is 42.1. The van der Waals surface area contributed by atoms with Crippen molar-refractivity contribution in [1.29, 1.82) is 0 Å². The zero-order valence-corrected chi connectivity index (χ0v) is 7.96. The summed E-state index contributed by atoms with van der Waals surface area (Å²) in [5, 5.41) is 0. The molecule has 0 radical (unpaired) electrons. The van der Waals surface area contributed by atoms with Crippen molar-refractivity contribution < 1.29 is 76.1 Å². The SMILES string of the molecule is [BH4-].[Br-].[LiH].[Na+].[Na+]. The van der Waals surface area contributed by atoms with Crippen LogP contribution in [0.4, 0.5) is 0 Å². The zero-order chi connectivity index (χ0) is 0. The first-order valence-electron chi connectivity index (χ1n) is 0. The van der Waals surface area contributed by atoms with Gasteiger partial charge in [-0.25, -0.2) is 0 Å². The summed E-state index contributed by atoms with van der Waals surface area (Å²) < 4.78 is 0. The van der Waals surface area contributed by atoms with Crippen molar-refractivity contribution in [3.05, 3.63) is 0 Å². The van der Waals surface area contributed by atoms with Gasteiger partial charge in [-0.2, -0.15) is 0 Å². The summed E-state index contributed by atoms with van der Waals surface area (Å²) in [4.78, 5) is 0. The number of hydrogen-bond donors (Lipinski definition) is 0. The maximum Gasteiger partial charge on any atom is 1.00 e. The van der Waals surface area contributed by atoms with E-state index in [4.69, 9.17) is 0 Å². The molecule has 5 heteroatoms. The van der Waals surface area contributed by atoms with Gasteiger partial charge in [-0.15, -0.1) is 0 Å². The molecule has 0 spiro atoms. The fourth-order valence-electron chi connectivity index (χ4n) is 0. The van der Waals surface area contributed by atoms with Gasteiger partial charge in [0.25, 0.3) is 0 Å². The van der Waals surface area contributed by atoms with Gasteiger partial charge in [0.15, 0.2) is 0 Å². The van der Waals surface area contributed by atoms with Gasteiger partial charge in [0, 0.05) is 0 Å². The zero-order valence-electron chi connectivity index (χ0n) is 2.38. The fourth-order valence-corrected chi connectivity index (χ4v) is 0. The van der Waals surface area contributed by atoms with Gasteiger partial charge in [-0.3, -0.25) is 0 Å². The van der Waals surface area contributed by atoms with Crippen LogP contribution in [-0.2, 0) is 0 Å². The predicted octanol–water partition coefficient (Wildman–Crippen LogP) is -11.1. The van der Waals surface area contributed by atoms with Crippen LogP contribution in [0.5, 0.6) is 0 Å². The molecule has 0 bridgehead atoms. The Labute approximate surface area is 101 Å². The summed E-state index contributed by atoms with van der Waals surface area (Å²) in [5.74, 6) is 0. The van der Waals surface area contributed by atoms with Crippen molar-refractivity contribution in [2.45, 2.75) is 0 Å². The molecule has 0 saturated heterocycles. The molecule has 0 aliphatic carbocycles. The van der Waals surface area contributed by atoms with Crippen molar-refractivity contribution in [3.63, 3.8) is 0 Å². The molecule has 0 atom stereocenters. The molecule has 0 aliphatic rings. The van der Waals surface area contributed by atoms with E-state index in [1.165, 1.54) is 0 Å². The van der Waals surface area contributed by atoms with Crippen LogP contribution in [0, 0.1) is 0 Å². The quantitative estimate of drug-likeness (QED) is 0.300. The van der Waals surface area contributed by atoms with E-state index in [-0.39, 0.29) is 103 Å². The molecule has 0 unspecified atom stereocenters. The number of halogens is 1. The molecule has 5 heavy (non-hydrogen) atoms. The second kappa shape index (κ2) is 27.3. The average Bonchev–Trinajstić information content (AvgIpc) is 0. The van der Waals surface area contributed by atoms with Crippen LogP contribution in [0.2, 0.25) is 0 Å².